The highest BCUT2D eigenvalue weighted by Gasteiger charge is 2.18. The minimum Gasteiger partial charge on any atom is -0.438 e. The fourth-order valence-corrected chi connectivity index (χ4v) is 4.94. The number of hydrogen-bond donors (Lipinski definition) is 1. The van der Waals surface area contributed by atoms with Crippen LogP contribution in [0.4, 0.5) is 21.7 Å². The first-order valence-corrected chi connectivity index (χ1v) is 12.9. The van der Waals surface area contributed by atoms with Gasteiger partial charge in [-0.3, -0.25) is 4.79 Å². The molecule has 194 valence electrons. The lowest BCUT2D eigenvalue weighted by Gasteiger charge is -2.29. The zero-order valence-corrected chi connectivity index (χ0v) is 20.9. The van der Waals surface area contributed by atoms with Gasteiger partial charge in [0.25, 0.3) is 5.91 Å². The fraction of sp³-hybridized carbons (Fsp3) is 0.276. The van der Waals surface area contributed by atoms with Crippen molar-refractivity contribution in [3.05, 3.63) is 78.2 Å². The molecule has 0 unspecified atom stereocenters. The topological polar surface area (TPSA) is 79.8 Å². The van der Waals surface area contributed by atoms with Gasteiger partial charge in [-0.1, -0.05) is 24.3 Å². The van der Waals surface area contributed by atoms with E-state index in [1.807, 2.05) is 29.2 Å². The summed E-state index contributed by atoms with van der Waals surface area (Å²) < 4.78 is 26.0. The van der Waals surface area contributed by atoms with E-state index in [9.17, 15) is 9.18 Å². The van der Waals surface area contributed by atoms with Gasteiger partial charge in [-0.25, -0.2) is 9.37 Å². The Kier molecular flexibility index (Phi) is 6.75. The van der Waals surface area contributed by atoms with Gasteiger partial charge in [-0.05, 0) is 43.2 Å². The summed E-state index contributed by atoms with van der Waals surface area (Å²) in [4.78, 5) is 26.4. The molecule has 0 radical (unpaired) electrons. The molecule has 0 bridgehead atoms. The Morgan fingerprint density at radius 2 is 1.71 bits per heavy atom. The number of rotatable bonds is 6. The molecule has 0 spiro atoms. The van der Waals surface area contributed by atoms with Crippen molar-refractivity contribution in [1.29, 1.82) is 0 Å². The molecule has 6 rings (SSSR count). The Hall–Kier alpha value is -4.24. The molecule has 9 heteroatoms. The van der Waals surface area contributed by atoms with Crippen LogP contribution in [0.5, 0.6) is 11.6 Å². The van der Waals surface area contributed by atoms with Crippen LogP contribution in [0.25, 0.3) is 10.8 Å². The molecule has 8 nitrogen and oxygen atoms in total. The molecule has 4 aromatic rings. The first-order valence-electron chi connectivity index (χ1n) is 12.9. The Morgan fingerprint density at radius 3 is 2.53 bits per heavy atom. The average Bonchev–Trinajstić information content (AvgIpc) is 3.50. The van der Waals surface area contributed by atoms with Crippen LogP contribution in [0.2, 0.25) is 0 Å². The maximum Gasteiger partial charge on any atom is 0.255 e. The number of nitrogens with one attached hydrogen (secondary N) is 1. The van der Waals surface area contributed by atoms with Crippen molar-refractivity contribution in [2.45, 2.75) is 12.8 Å². The number of nitrogens with zero attached hydrogens (tertiary/aromatic N) is 4. The van der Waals surface area contributed by atoms with Crippen LogP contribution in [0, 0.1) is 5.82 Å². The van der Waals surface area contributed by atoms with Crippen LogP contribution in [0.15, 0.2) is 66.9 Å². The van der Waals surface area contributed by atoms with Crippen molar-refractivity contribution in [3.63, 3.8) is 0 Å². The Labute approximate surface area is 220 Å². The number of morpholine rings is 1. The number of benzene rings is 3. The normalized spacial score (nSPS) is 15.6. The van der Waals surface area contributed by atoms with Crippen molar-refractivity contribution >= 4 is 34.0 Å². The second kappa shape index (κ2) is 10.6. The molecule has 2 fully saturated rings. The molecule has 3 aromatic carbocycles. The zero-order chi connectivity index (χ0) is 25.9. The van der Waals surface area contributed by atoms with E-state index in [0.29, 0.717) is 55.3 Å². The molecule has 2 aliphatic heterocycles. The second-order valence-electron chi connectivity index (χ2n) is 9.40. The number of amides is 1. The largest absolute Gasteiger partial charge is 0.438 e. The van der Waals surface area contributed by atoms with Gasteiger partial charge in [0.1, 0.15) is 11.6 Å². The number of fused-ring (bicyclic) bond motifs is 1. The summed E-state index contributed by atoms with van der Waals surface area (Å²) in [5.41, 5.74) is 1.53. The smallest absolute Gasteiger partial charge is 0.255 e. The number of aromatic nitrogens is 2. The van der Waals surface area contributed by atoms with Crippen molar-refractivity contribution in [3.8, 4) is 11.6 Å². The van der Waals surface area contributed by atoms with Crippen LogP contribution in [0.3, 0.4) is 0 Å². The summed E-state index contributed by atoms with van der Waals surface area (Å²) in [6.45, 7) is 4.35. The second-order valence-corrected chi connectivity index (χ2v) is 9.40. The monoisotopic (exact) mass is 513 g/mol. The Bertz CT molecular complexity index is 1470. The summed E-state index contributed by atoms with van der Waals surface area (Å²) in [7, 11) is 0. The number of hydrogen-bond acceptors (Lipinski definition) is 7. The summed E-state index contributed by atoms with van der Waals surface area (Å²) in [5.74, 6) is 0.902. The maximum absolute atomic E-state index is 14.5. The van der Waals surface area contributed by atoms with E-state index in [0.717, 1.165) is 36.7 Å². The molecular weight excluding hydrogens is 485 g/mol. The van der Waals surface area contributed by atoms with E-state index < -0.39 is 5.82 Å². The van der Waals surface area contributed by atoms with E-state index in [1.165, 1.54) is 12.1 Å². The first kappa shape index (κ1) is 24.1. The van der Waals surface area contributed by atoms with Crippen LogP contribution < -0.4 is 19.9 Å². The van der Waals surface area contributed by atoms with Crippen LogP contribution >= 0.6 is 0 Å². The predicted molar refractivity (Wildman–Crippen MR) is 145 cm³/mol. The van der Waals surface area contributed by atoms with Gasteiger partial charge in [0.2, 0.25) is 11.8 Å². The van der Waals surface area contributed by atoms with Crippen molar-refractivity contribution in [2.75, 3.05) is 54.5 Å². The van der Waals surface area contributed by atoms with E-state index in [-0.39, 0.29) is 11.5 Å². The quantitative estimate of drug-likeness (QED) is 0.377. The lowest BCUT2D eigenvalue weighted by Crippen LogP contribution is -2.36. The van der Waals surface area contributed by atoms with Crippen molar-refractivity contribution in [2.24, 2.45) is 0 Å². The minimum atomic E-state index is -0.453. The Morgan fingerprint density at radius 1 is 0.921 bits per heavy atom. The minimum absolute atomic E-state index is 0.256. The third-order valence-electron chi connectivity index (χ3n) is 6.87. The van der Waals surface area contributed by atoms with E-state index in [4.69, 9.17) is 9.47 Å². The van der Waals surface area contributed by atoms with Crippen LogP contribution in [-0.2, 0) is 4.74 Å². The number of ether oxygens (including phenoxy) is 2. The molecule has 3 heterocycles. The fourth-order valence-electron chi connectivity index (χ4n) is 4.94. The number of anilines is 3. The van der Waals surface area contributed by atoms with Gasteiger partial charge in [0.15, 0.2) is 0 Å². The zero-order valence-electron chi connectivity index (χ0n) is 20.9. The summed E-state index contributed by atoms with van der Waals surface area (Å²) in [6, 6.07) is 17.4. The summed E-state index contributed by atoms with van der Waals surface area (Å²) in [5, 5.41) is 4.58. The van der Waals surface area contributed by atoms with Gasteiger partial charge in [-0.15, -0.1) is 0 Å². The molecule has 1 amide bonds. The Balaban J connectivity index is 1.25. The van der Waals surface area contributed by atoms with Gasteiger partial charge in [0, 0.05) is 66.2 Å². The molecule has 1 aromatic heterocycles. The predicted octanol–water partition coefficient (Wildman–Crippen LogP) is 5.25. The highest BCUT2D eigenvalue weighted by Crippen LogP contribution is 2.34. The molecule has 0 saturated carbocycles. The van der Waals surface area contributed by atoms with Crippen molar-refractivity contribution in [1.82, 2.24) is 9.97 Å². The van der Waals surface area contributed by atoms with Crippen LogP contribution in [0.1, 0.15) is 23.2 Å². The SMILES string of the molecule is O=C(Nc1ccc(Oc2ccnc(N3CCCC3)n2)c2ccccc12)c1cc(F)cc(N2CCOCC2)c1. The van der Waals surface area contributed by atoms with Crippen LogP contribution in [-0.4, -0.2) is 55.3 Å². The number of carbonyl (C=O) groups excluding carboxylic acids is 1. The molecule has 2 saturated heterocycles. The van der Waals surface area contributed by atoms with Crippen molar-refractivity contribution < 1.29 is 18.7 Å². The van der Waals surface area contributed by atoms with Gasteiger partial charge in [-0.2, -0.15) is 4.98 Å². The van der Waals surface area contributed by atoms with E-state index in [2.05, 4.69) is 20.2 Å². The molecule has 1 N–H and O–H groups in total. The number of halogens is 1. The highest BCUT2D eigenvalue weighted by atomic mass is 19.1. The highest BCUT2D eigenvalue weighted by molar-refractivity contribution is 6.10. The van der Waals surface area contributed by atoms with Gasteiger partial charge < -0.3 is 24.6 Å². The summed E-state index contributed by atoms with van der Waals surface area (Å²) >= 11 is 0. The lowest BCUT2D eigenvalue weighted by molar-refractivity contribution is 0.102. The molecule has 2 aliphatic rings. The molecule has 0 atom stereocenters. The first-order chi connectivity index (χ1) is 18.6. The van der Waals surface area contributed by atoms with Gasteiger partial charge in [0.05, 0.1) is 13.2 Å². The van der Waals surface area contributed by atoms with E-state index >= 15 is 0 Å². The third kappa shape index (κ3) is 5.10. The third-order valence-corrected chi connectivity index (χ3v) is 6.87. The molecule has 38 heavy (non-hydrogen) atoms. The standard InChI is InChI=1S/C29H28FN5O3/c30-21-17-20(18-22(19-21)34-13-15-37-16-14-34)28(36)32-25-7-8-26(24-6-2-1-5-23(24)25)38-27-9-10-31-29(33-27)35-11-3-4-12-35/h1-2,5-10,17-19H,3-4,11-16H2,(H,32,36). The molecule has 0 aliphatic carbocycles. The summed E-state index contributed by atoms with van der Waals surface area (Å²) in [6.07, 6.45) is 3.98. The average molecular weight is 514 g/mol. The van der Waals surface area contributed by atoms with E-state index in [1.54, 1.807) is 30.5 Å². The maximum atomic E-state index is 14.5. The number of carbonyl (C=O) groups is 1. The van der Waals surface area contributed by atoms with Gasteiger partial charge >= 0.3 is 0 Å². The molecular formula is C29H28FN5O3. The lowest BCUT2D eigenvalue weighted by atomic mass is 10.1.